The Morgan fingerprint density at radius 1 is 1.02 bits per heavy atom. The van der Waals surface area contributed by atoms with Crippen LogP contribution in [0.4, 0.5) is 17.3 Å². The summed E-state index contributed by atoms with van der Waals surface area (Å²) in [6.45, 7) is 2.75. The normalized spacial score (nSPS) is 17.5. The van der Waals surface area contributed by atoms with Crippen molar-refractivity contribution in [1.29, 1.82) is 5.26 Å². The number of rotatable bonds is 15. The van der Waals surface area contributed by atoms with Gasteiger partial charge >= 0.3 is 0 Å². The number of amides is 5. The Hall–Kier alpha value is -6.98. The molecule has 3 aliphatic rings. The zero-order chi connectivity index (χ0) is 42.2. The second kappa shape index (κ2) is 16.0. The Morgan fingerprint density at radius 2 is 1.80 bits per heavy atom. The number of nitrogens with zero attached hydrogens (tertiary/aromatic N) is 7. The van der Waals surface area contributed by atoms with Gasteiger partial charge in [-0.25, -0.2) is 13.4 Å². The first-order valence-electron chi connectivity index (χ1n) is 19.4. The molecular weight excluding hydrogens is 793 g/mol. The van der Waals surface area contributed by atoms with Crippen molar-refractivity contribution in [1.82, 2.24) is 44.6 Å². The molecule has 1 unspecified atom stereocenters. The van der Waals surface area contributed by atoms with Gasteiger partial charge in [-0.2, -0.15) is 19.6 Å². The van der Waals surface area contributed by atoms with Crippen molar-refractivity contribution < 1.29 is 32.4 Å². The van der Waals surface area contributed by atoms with Crippen LogP contribution in [0, 0.1) is 11.3 Å². The fraction of sp³-hybridized carbons (Fsp3) is 0.325. The second-order valence-corrected chi connectivity index (χ2v) is 17.1. The van der Waals surface area contributed by atoms with E-state index in [1.54, 1.807) is 72.7 Å². The first-order chi connectivity index (χ1) is 28.9. The number of anilines is 3. The van der Waals surface area contributed by atoms with E-state index in [1.807, 2.05) is 6.07 Å². The number of sulfonamides is 1. The Bertz CT molecular complexity index is 2700. The Labute approximate surface area is 343 Å². The number of hydrogen-bond acceptors (Lipinski definition) is 13. The lowest BCUT2D eigenvalue weighted by Crippen LogP contribution is -2.64. The van der Waals surface area contributed by atoms with Crippen LogP contribution < -0.4 is 21.3 Å². The predicted molar refractivity (Wildman–Crippen MR) is 217 cm³/mol. The molecule has 20 heteroatoms. The third kappa shape index (κ3) is 7.44. The fourth-order valence-corrected chi connectivity index (χ4v) is 8.91. The summed E-state index contributed by atoms with van der Waals surface area (Å²) in [7, 11) is -3.40. The number of piperidine rings is 1. The Balaban J connectivity index is 0.843. The van der Waals surface area contributed by atoms with Gasteiger partial charge in [-0.05, 0) is 68.7 Å². The van der Waals surface area contributed by atoms with E-state index in [2.05, 4.69) is 42.4 Å². The average Bonchev–Trinajstić information content (AvgIpc) is 3.97. The van der Waals surface area contributed by atoms with Crippen molar-refractivity contribution in [3.63, 3.8) is 0 Å². The van der Waals surface area contributed by atoms with Gasteiger partial charge in [-0.15, -0.1) is 0 Å². The SMILES string of the molecule is CCS(=O)(=O)N1CC(CC#N)(n2cc(-c3nc(Nc4ccc(C(=O)NCCCCNc5cccc6c5C(=O)N(C5CCC(=O)NC5=O)C6=O)cc4)nc4[nH]ccc34)cn2)C1. The van der Waals surface area contributed by atoms with Crippen LogP contribution in [-0.4, -0.2) is 110 Å². The minimum absolute atomic E-state index is 0.0214. The number of nitriles is 1. The molecule has 0 saturated carbocycles. The van der Waals surface area contributed by atoms with E-state index in [4.69, 9.17) is 4.98 Å². The molecule has 5 aromatic rings. The van der Waals surface area contributed by atoms with Gasteiger partial charge in [0.25, 0.3) is 17.7 Å². The van der Waals surface area contributed by atoms with Crippen molar-refractivity contribution in [2.45, 2.75) is 50.6 Å². The molecule has 3 aromatic heterocycles. The van der Waals surface area contributed by atoms with Gasteiger partial charge in [-0.3, -0.25) is 38.9 Å². The van der Waals surface area contributed by atoms with Crippen molar-refractivity contribution in [3.05, 3.63) is 83.8 Å². The van der Waals surface area contributed by atoms with Crippen molar-refractivity contribution in [2.75, 3.05) is 42.6 Å². The number of carbonyl (C=O) groups is 5. The molecule has 8 rings (SSSR count). The number of aromatic amines is 1. The van der Waals surface area contributed by atoms with E-state index in [1.165, 1.54) is 4.31 Å². The minimum atomic E-state index is -3.40. The molecule has 60 heavy (non-hydrogen) atoms. The van der Waals surface area contributed by atoms with E-state index in [0.717, 1.165) is 10.3 Å². The number of imide groups is 2. The molecule has 0 aliphatic carbocycles. The van der Waals surface area contributed by atoms with Crippen molar-refractivity contribution >= 4 is 67.9 Å². The summed E-state index contributed by atoms with van der Waals surface area (Å²) < 4.78 is 27.9. The second-order valence-electron chi connectivity index (χ2n) is 14.8. The molecule has 6 heterocycles. The topological polar surface area (TPSA) is 257 Å². The molecule has 308 valence electrons. The highest BCUT2D eigenvalue weighted by Gasteiger charge is 2.50. The van der Waals surface area contributed by atoms with E-state index < -0.39 is 45.2 Å². The van der Waals surface area contributed by atoms with E-state index >= 15 is 0 Å². The monoisotopic (exact) mass is 832 g/mol. The number of aromatic nitrogens is 5. The largest absolute Gasteiger partial charge is 0.384 e. The maximum absolute atomic E-state index is 13.3. The first-order valence-corrected chi connectivity index (χ1v) is 21.0. The van der Waals surface area contributed by atoms with Crippen LogP contribution in [0.25, 0.3) is 22.3 Å². The van der Waals surface area contributed by atoms with Crippen LogP contribution in [0.15, 0.2) is 67.1 Å². The standard InChI is InChI=1S/C40H40N12O7S/c1-2-60(58,59)50-22-40(23-50,15-16-41)51-21-25(20-45-51)33-28-14-19-43-34(28)49-39(48-33)46-26-10-8-24(9-11-26)35(54)44-18-4-3-17-42-29-7-5-6-27-32(29)38(57)52(37(27)56)30-12-13-31(53)47-36(30)55/h5-11,14,19-21,30,42H,2-4,12-13,15,17-18,22-23H2,1H3,(H,44,54)(H,47,53,55)(H2,43,46,48,49). The lowest BCUT2D eigenvalue weighted by molar-refractivity contribution is -0.136. The van der Waals surface area contributed by atoms with Gasteiger partial charge in [0.05, 0.1) is 41.3 Å². The maximum Gasteiger partial charge on any atom is 0.264 e. The molecule has 2 saturated heterocycles. The van der Waals surface area contributed by atoms with Crippen LogP contribution in [0.3, 0.4) is 0 Å². The number of hydrogen-bond donors (Lipinski definition) is 5. The molecule has 0 spiro atoms. The molecule has 2 aromatic carbocycles. The van der Waals surface area contributed by atoms with Gasteiger partial charge in [0.15, 0.2) is 0 Å². The fourth-order valence-electron chi connectivity index (χ4n) is 7.67. The molecule has 2 fully saturated rings. The van der Waals surface area contributed by atoms with Gasteiger partial charge in [0, 0.05) is 72.9 Å². The van der Waals surface area contributed by atoms with Gasteiger partial charge in [0.2, 0.25) is 27.8 Å². The summed E-state index contributed by atoms with van der Waals surface area (Å²) in [5, 5.41) is 26.4. The number of H-pyrrole nitrogens is 1. The summed E-state index contributed by atoms with van der Waals surface area (Å²) in [5.41, 5.74) is 2.98. The quantitative estimate of drug-likeness (QED) is 0.0752. The van der Waals surface area contributed by atoms with Crippen LogP contribution in [-0.2, 0) is 25.2 Å². The first kappa shape index (κ1) is 39.8. The molecule has 1 atom stereocenters. The summed E-state index contributed by atoms with van der Waals surface area (Å²) in [6, 6.07) is 14.7. The van der Waals surface area contributed by atoms with E-state index in [0.29, 0.717) is 59.8 Å². The van der Waals surface area contributed by atoms with Crippen LogP contribution in [0.2, 0.25) is 0 Å². The Morgan fingerprint density at radius 3 is 2.55 bits per heavy atom. The molecule has 0 radical (unpaired) electrons. The summed E-state index contributed by atoms with van der Waals surface area (Å²) in [6.07, 6.45) is 6.64. The molecule has 5 N–H and O–H groups in total. The summed E-state index contributed by atoms with van der Waals surface area (Å²) in [4.78, 5) is 76.8. The molecule has 0 bridgehead atoms. The number of fused-ring (bicyclic) bond motifs is 2. The zero-order valence-corrected chi connectivity index (χ0v) is 33.2. The lowest BCUT2D eigenvalue weighted by atomic mass is 9.89. The van der Waals surface area contributed by atoms with Crippen molar-refractivity contribution in [2.24, 2.45) is 0 Å². The smallest absolute Gasteiger partial charge is 0.264 e. The number of benzene rings is 2. The van der Waals surface area contributed by atoms with Crippen molar-refractivity contribution in [3.8, 4) is 17.3 Å². The third-order valence-corrected chi connectivity index (χ3v) is 12.7. The highest BCUT2D eigenvalue weighted by molar-refractivity contribution is 7.89. The lowest BCUT2D eigenvalue weighted by Gasteiger charge is -2.47. The van der Waals surface area contributed by atoms with E-state index in [-0.39, 0.29) is 61.1 Å². The van der Waals surface area contributed by atoms with Crippen LogP contribution in [0.5, 0.6) is 0 Å². The molecular formula is C40H40N12O7S. The minimum Gasteiger partial charge on any atom is -0.384 e. The maximum atomic E-state index is 13.3. The number of unbranched alkanes of at least 4 members (excludes halogenated alkanes) is 1. The predicted octanol–water partition coefficient (Wildman–Crippen LogP) is 2.86. The van der Waals surface area contributed by atoms with Crippen LogP contribution >= 0.6 is 0 Å². The third-order valence-electron chi connectivity index (χ3n) is 10.9. The highest BCUT2D eigenvalue weighted by Crippen LogP contribution is 2.37. The van der Waals surface area contributed by atoms with Gasteiger partial charge < -0.3 is 20.9 Å². The summed E-state index contributed by atoms with van der Waals surface area (Å²) >= 11 is 0. The Kier molecular flexibility index (Phi) is 10.6. The zero-order valence-electron chi connectivity index (χ0n) is 32.4. The van der Waals surface area contributed by atoms with Crippen LogP contribution in [0.1, 0.15) is 70.1 Å². The van der Waals surface area contributed by atoms with E-state index in [9.17, 15) is 37.7 Å². The number of carbonyl (C=O) groups excluding carboxylic acids is 5. The summed E-state index contributed by atoms with van der Waals surface area (Å²) in [5.74, 6) is -2.24. The molecule has 3 aliphatic heterocycles. The molecule has 5 amide bonds. The van der Waals surface area contributed by atoms with Gasteiger partial charge in [-0.1, -0.05) is 6.07 Å². The number of nitrogens with one attached hydrogen (secondary N) is 5. The molecule has 19 nitrogen and oxygen atoms in total. The highest BCUT2D eigenvalue weighted by atomic mass is 32.2. The van der Waals surface area contributed by atoms with Gasteiger partial charge in [0.1, 0.15) is 17.2 Å². The average molecular weight is 833 g/mol.